The van der Waals surface area contributed by atoms with Gasteiger partial charge in [-0.15, -0.1) is 10.2 Å². The molecule has 2 aliphatic rings. The fourth-order valence-corrected chi connectivity index (χ4v) is 6.60. The molecule has 2 fully saturated rings. The van der Waals surface area contributed by atoms with Gasteiger partial charge in [0.25, 0.3) is 5.88 Å². The molecule has 1 saturated heterocycles. The molecule has 4 aromatic rings. The van der Waals surface area contributed by atoms with Gasteiger partial charge in [0.05, 0.1) is 43.6 Å². The van der Waals surface area contributed by atoms with Crippen molar-refractivity contribution in [3.63, 3.8) is 0 Å². The number of anilines is 2. The van der Waals surface area contributed by atoms with Crippen LogP contribution >= 0.6 is 11.6 Å². The molecule has 3 aromatic heterocycles. The maximum absolute atomic E-state index is 11.6. The minimum atomic E-state index is -0.668. The van der Waals surface area contributed by atoms with E-state index in [0.717, 1.165) is 63.1 Å². The number of rotatable bonds is 14. The van der Waals surface area contributed by atoms with E-state index >= 15 is 0 Å². The highest BCUT2D eigenvalue weighted by molar-refractivity contribution is 6.32. The topological polar surface area (TPSA) is 156 Å². The van der Waals surface area contributed by atoms with E-state index in [4.69, 9.17) is 35.6 Å². The third-order valence-corrected chi connectivity index (χ3v) is 9.30. The van der Waals surface area contributed by atoms with Crippen LogP contribution in [0, 0.1) is 0 Å². The number of hydrogen-bond acceptors (Lipinski definition) is 13. The molecular weight excluding hydrogens is 664 g/mol. The molecule has 0 amide bonds. The quantitative estimate of drug-likeness (QED) is 0.172. The molecule has 268 valence electrons. The molecule has 1 aliphatic heterocycles. The number of nitrogens with zero attached hydrogens (tertiary/aromatic N) is 9. The Kier molecular flexibility index (Phi) is 11.4. The van der Waals surface area contributed by atoms with Gasteiger partial charge in [-0.05, 0) is 74.6 Å². The molecule has 50 heavy (non-hydrogen) atoms. The van der Waals surface area contributed by atoms with Crippen molar-refractivity contribution in [2.75, 3.05) is 38.2 Å². The van der Waals surface area contributed by atoms with Crippen molar-refractivity contribution in [3.8, 4) is 22.8 Å². The Labute approximate surface area is 296 Å². The molecule has 1 aromatic carbocycles. The van der Waals surface area contributed by atoms with Gasteiger partial charge in [0, 0.05) is 50.4 Å². The summed E-state index contributed by atoms with van der Waals surface area (Å²) in [7, 11) is 0. The zero-order chi connectivity index (χ0) is 35.1. The van der Waals surface area contributed by atoms with Crippen LogP contribution in [0.1, 0.15) is 65.8 Å². The number of ether oxygens (including phenoxy) is 4. The standard InChI is InChI=1S/C34H45ClN10O5/c1-23(20-44-22-38-41-42-44)49-31-17-25(5-10-29(31)35)26-18-36-33(37-19-26)39-30-21-45(40-32(30)48-14-11-34(3,4)50-24(2)46)28-8-6-27(7-9-28)43-12-15-47-16-13-43/h5,10,17-19,21-23,27-28H,6-9,11-16,20H2,1-4H3,(H,36,37,39)/t23-,27-,28-/m0/s1. The van der Waals surface area contributed by atoms with Crippen LogP contribution in [0.2, 0.25) is 5.02 Å². The molecule has 0 unspecified atom stereocenters. The molecule has 6 rings (SSSR count). The van der Waals surface area contributed by atoms with Gasteiger partial charge in [0.2, 0.25) is 5.95 Å². The Morgan fingerprint density at radius 2 is 1.84 bits per heavy atom. The summed E-state index contributed by atoms with van der Waals surface area (Å²) in [6.07, 6.45) is 11.5. The smallest absolute Gasteiger partial charge is 0.303 e. The molecule has 0 spiro atoms. The lowest BCUT2D eigenvalue weighted by molar-refractivity contribution is -0.154. The van der Waals surface area contributed by atoms with Crippen molar-refractivity contribution in [3.05, 3.63) is 48.1 Å². The van der Waals surface area contributed by atoms with Gasteiger partial charge in [0.15, 0.2) is 0 Å². The summed E-state index contributed by atoms with van der Waals surface area (Å²) in [6.45, 7) is 11.5. The van der Waals surface area contributed by atoms with Crippen molar-refractivity contribution < 1.29 is 23.7 Å². The molecule has 4 heterocycles. The first-order chi connectivity index (χ1) is 24.1. The van der Waals surface area contributed by atoms with Crippen LogP contribution < -0.4 is 14.8 Å². The summed E-state index contributed by atoms with van der Waals surface area (Å²) in [4.78, 5) is 23.3. The highest BCUT2D eigenvalue weighted by Gasteiger charge is 2.29. The zero-order valence-electron chi connectivity index (χ0n) is 29.0. The number of halogens is 1. The number of nitrogens with one attached hydrogen (secondary N) is 1. The fraction of sp³-hybridized carbons (Fsp3) is 0.559. The average Bonchev–Trinajstić information content (AvgIpc) is 3.76. The molecule has 1 aliphatic carbocycles. The molecular formula is C34H45ClN10O5. The zero-order valence-corrected chi connectivity index (χ0v) is 29.8. The number of morpholine rings is 1. The van der Waals surface area contributed by atoms with E-state index in [1.54, 1.807) is 23.1 Å². The third-order valence-electron chi connectivity index (χ3n) is 8.99. The van der Waals surface area contributed by atoms with Crippen LogP contribution in [0.3, 0.4) is 0 Å². The Bertz CT molecular complexity index is 1690. The first-order valence-electron chi connectivity index (χ1n) is 17.1. The summed E-state index contributed by atoms with van der Waals surface area (Å²) >= 11 is 6.46. The minimum Gasteiger partial charge on any atom is -0.487 e. The van der Waals surface area contributed by atoms with E-state index in [1.807, 2.05) is 43.8 Å². The van der Waals surface area contributed by atoms with Crippen molar-refractivity contribution in [1.29, 1.82) is 0 Å². The normalized spacial score (nSPS) is 19.1. The first kappa shape index (κ1) is 35.5. The second-order valence-electron chi connectivity index (χ2n) is 13.4. The van der Waals surface area contributed by atoms with E-state index in [0.29, 0.717) is 53.9 Å². The maximum Gasteiger partial charge on any atom is 0.303 e. The third kappa shape index (κ3) is 9.46. The van der Waals surface area contributed by atoms with Crippen LogP contribution in [0.25, 0.3) is 11.1 Å². The predicted molar refractivity (Wildman–Crippen MR) is 186 cm³/mol. The van der Waals surface area contributed by atoms with Gasteiger partial charge in [-0.2, -0.15) is 0 Å². The summed E-state index contributed by atoms with van der Waals surface area (Å²) < 4.78 is 26.9. The lowest BCUT2D eigenvalue weighted by Gasteiger charge is -2.38. The van der Waals surface area contributed by atoms with E-state index in [-0.39, 0.29) is 18.1 Å². The van der Waals surface area contributed by atoms with Gasteiger partial charge >= 0.3 is 5.97 Å². The van der Waals surface area contributed by atoms with Gasteiger partial charge in [-0.3, -0.25) is 14.4 Å². The Balaban J connectivity index is 1.14. The Hall–Kier alpha value is -4.34. The van der Waals surface area contributed by atoms with Crippen molar-refractivity contribution in [2.24, 2.45) is 0 Å². The first-order valence-corrected chi connectivity index (χ1v) is 17.5. The molecule has 1 N–H and O–H groups in total. The molecule has 15 nitrogen and oxygen atoms in total. The van der Waals surface area contributed by atoms with E-state index in [1.165, 1.54) is 13.3 Å². The van der Waals surface area contributed by atoms with Gasteiger partial charge in [-0.1, -0.05) is 17.7 Å². The van der Waals surface area contributed by atoms with Crippen LogP contribution in [-0.4, -0.2) is 101 Å². The number of tetrazole rings is 1. The number of benzene rings is 1. The number of aromatic nitrogens is 8. The van der Waals surface area contributed by atoms with Crippen molar-refractivity contribution >= 4 is 29.2 Å². The predicted octanol–water partition coefficient (Wildman–Crippen LogP) is 5.12. The Morgan fingerprint density at radius 1 is 1.10 bits per heavy atom. The summed E-state index contributed by atoms with van der Waals surface area (Å²) in [6, 6.07) is 6.39. The summed E-state index contributed by atoms with van der Waals surface area (Å²) in [5, 5.41) is 19.9. The van der Waals surface area contributed by atoms with Crippen molar-refractivity contribution in [1.82, 2.24) is 44.9 Å². The monoisotopic (exact) mass is 708 g/mol. The Morgan fingerprint density at radius 3 is 2.54 bits per heavy atom. The van der Waals surface area contributed by atoms with E-state index < -0.39 is 5.60 Å². The van der Waals surface area contributed by atoms with Crippen LogP contribution in [-0.2, 0) is 20.8 Å². The van der Waals surface area contributed by atoms with E-state index in [9.17, 15) is 4.79 Å². The van der Waals surface area contributed by atoms with Gasteiger partial charge in [0.1, 0.15) is 29.5 Å². The second kappa shape index (κ2) is 16.1. The number of carbonyl (C=O) groups is 1. The lowest BCUT2D eigenvalue weighted by Crippen LogP contribution is -2.45. The number of carbonyl (C=O) groups excluding carboxylic acids is 1. The van der Waals surface area contributed by atoms with Crippen LogP contribution in [0.5, 0.6) is 11.6 Å². The largest absolute Gasteiger partial charge is 0.487 e. The molecule has 1 saturated carbocycles. The average molecular weight is 709 g/mol. The SMILES string of the molecule is CC(=O)OC(C)(C)CCOc1nn([C@H]2CC[C@H](N3CCOCC3)CC2)cc1Nc1ncc(-c2ccc(Cl)c(O[C@@H](C)Cn3cnnn3)c2)cn1. The number of esters is 1. The van der Waals surface area contributed by atoms with Crippen LogP contribution in [0.4, 0.5) is 11.6 Å². The molecule has 0 radical (unpaired) electrons. The molecule has 16 heteroatoms. The minimum absolute atomic E-state index is 0.223. The summed E-state index contributed by atoms with van der Waals surface area (Å²) in [5.41, 5.74) is 1.64. The fourth-order valence-electron chi connectivity index (χ4n) is 6.44. The maximum atomic E-state index is 11.6. The van der Waals surface area contributed by atoms with Crippen molar-refractivity contribution in [2.45, 2.75) is 90.1 Å². The van der Waals surface area contributed by atoms with Gasteiger partial charge < -0.3 is 24.3 Å². The second-order valence-corrected chi connectivity index (χ2v) is 13.8. The summed E-state index contributed by atoms with van der Waals surface area (Å²) in [5.74, 6) is 1.06. The van der Waals surface area contributed by atoms with Crippen LogP contribution in [0.15, 0.2) is 43.1 Å². The molecule has 1 atom stereocenters. The highest BCUT2D eigenvalue weighted by Crippen LogP contribution is 2.36. The van der Waals surface area contributed by atoms with Gasteiger partial charge in [-0.25, -0.2) is 14.6 Å². The number of hydrogen-bond donors (Lipinski definition) is 1. The lowest BCUT2D eigenvalue weighted by atomic mass is 9.90. The highest BCUT2D eigenvalue weighted by atomic mass is 35.5. The van der Waals surface area contributed by atoms with E-state index in [2.05, 4.69) is 35.7 Å². The molecule has 0 bridgehead atoms.